The lowest BCUT2D eigenvalue weighted by Gasteiger charge is -2.32. The van der Waals surface area contributed by atoms with Gasteiger partial charge >= 0.3 is 0 Å². The molecular weight excluding hydrogens is 332 g/mol. The lowest BCUT2D eigenvalue weighted by Crippen LogP contribution is -2.40. The summed E-state index contributed by atoms with van der Waals surface area (Å²) in [6.45, 7) is 0.834. The van der Waals surface area contributed by atoms with E-state index in [-0.39, 0.29) is 22.9 Å². The molecule has 1 aliphatic heterocycles. The number of benzene rings is 1. The van der Waals surface area contributed by atoms with Gasteiger partial charge in [0.15, 0.2) is 0 Å². The maximum atomic E-state index is 12.9. The Morgan fingerprint density at radius 1 is 1.27 bits per heavy atom. The van der Waals surface area contributed by atoms with E-state index in [9.17, 15) is 9.59 Å². The molecule has 1 atom stereocenters. The summed E-state index contributed by atoms with van der Waals surface area (Å²) in [4.78, 5) is 36.7. The predicted octanol–water partition coefficient (Wildman–Crippen LogP) is 1.89. The van der Waals surface area contributed by atoms with Gasteiger partial charge in [-0.15, -0.1) is 0 Å². The highest BCUT2D eigenvalue weighted by atomic mass is 16.5. The van der Waals surface area contributed by atoms with Crippen LogP contribution in [0.1, 0.15) is 33.2 Å². The number of carbonyl (C=O) groups is 1. The van der Waals surface area contributed by atoms with Crippen molar-refractivity contribution < 1.29 is 9.53 Å². The quantitative estimate of drug-likeness (QED) is 0.755. The molecule has 3 aromatic rings. The molecule has 0 bridgehead atoms. The number of pyridine rings is 1. The first-order valence-corrected chi connectivity index (χ1v) is 8.30. The number of hydrogen-bond donors (Lipinski definition) is 2. The molecule has 2 aromatic heterocycles. The number of carbonyl (C=O) groups excluding carboxylic acids is 1. The van der Waals surface area contributed by atoms with Crippen molar-refractivity contribution in [2.45, 2.75) is 12.5 Å². The first-order chi connectivity index (χ1) is 12.7. The van der Waals surface area contributed by atoms with E-state index in [0.29, 0.717) is 13.1 Å². The topological polar surface area (TPSA) is 91.1 Å². The molecule has 1 unspecified atom stereocenters. The van der Waals surface area contributed by atoms with Gasteiger partial charge < -0.3 is 19.6 Å². The number of aromatic nitrogens is 3. The van der Waals surface area contributed by atoms with Crippen molar-refractivity contribution in [2.24, 2.45) is 0 Å². The number of H-pyrrole nitrogens is 2. The van der Waals surface area contributed by atoms with Gasteiger partial charge in [-0.2, -0.15) is 0 Å². The van der Waals surface area contributed by atoms with Crippen molar-refractivity contribution in [3.63, 3.8) is 0 Å². The number of nitrogens with zero attached hydrogens (tertiary/aromatic N) is 2. The number of aromatic amines is 2. The van der Waals surface area contributed by atoms with Gasteiger partial charge in [0.05, 0.1) is 31.4 Å². The van der Waals surface area contributed by atoms with E-state index in [1.165, 1.54) is 6.20 Å². The van der Waals surface area contributed by atoms with Crippen molar-refractivity contribution in [1.29, 1.82) is 0 Å². The minimum atomic E-state index is -0.383. The Hall–Kier alpha value is -3.35. The molecule has 7 heteroatoms. The summed E-state index contributed by atoms with van der Waals surface area (Å²) >= 11 is 0. The third-order valence-corrected chi connectivity index (χ3v) is 4.67. The summed E-state index contributed by atoms with van der Waals surface area (Å²) in [5, 5.41) is 0. The second kappa shape index (κ2) is 6.51. The van der Waals surface area contributed by atoms with E-state index in [4.69, 9.17) is 4.74 Å². The van der Waals surface area contributed by atoms with Crippen LogP contribution in [0, 0.1) is 0 Å². The zero-order valence-electron chi connectivity index (χ0n) is 14.2. The Labute approximate surface area is 149 Å². The van der Waals surface area contributed by atoms with Crippen LogP contribution in [0.15, 0.2) is 53.7 Å². The van der Waals surface area contributed by atoms with Crippen LogP contribution in [0.5, 0.6) is 5.75 Å². The maximum Gasteiger partial charge on any atom is 0.260 e. The molecule has 2 N–H and O–H groups in total. The summed E-state index contributed by atoms with van der Waals surface area (Å²) < 4.78 is 5.32. The van der Waals surface area contributed by atoms with Crippen LogP contribution in [0.2, 0.25) is 0 Å². The molecule has 7 nitrogen and oxygen atoms in total. The molecule has 0 spiro atoms. The number of hydrogen-bond acceptors (Lipinski definition) is 4. The zero-order chi connectivity index (χ0) is 18.1. The Bertz CT molecular complexity index is 1010. The Kier molecular flexibility index (Phi) is 4.04. The SMILES string of the molecule is COc1cccc(C2CN(C(=O)c3ccc[nH]c3=O)Cc3[nH]cnc32)c1. The molecule has 1 aliphatic rings. The zero-order valence-corrected chi connectivity index (χ0v) is 14.2. The molecular formula is C19H18N4O3. The second-order valence-electron chi connectivity index (χ2n) is 6.19. The molecule has 3 heterocycles. The fourth-order valence-corrected chi connectivity index (χ4v) is 3.36. The molecule has 0 saturated heterocycles. The molecule has 1 amide bonds. The number of methoxy groups -OCH3 is 1. The average molecular weight is 350 g/mol. The highest BCUT2D eigenvalue weighted by molar-refractivity contribution is 5.94. The molecule has 0 aliphatic carbocycles. The van der Waals surface area contributed by atoms with Crippen molar-refractivity contribution in [2.75, 3.05) is 13.7 Å². The lowest BCUT2D eigenvalue weighted by atomic mass is 9.90. The first-order valence-electron chi connectivity index (χ1n) is 8.30. The minimum absolute atomic E-state index is 0.0909. The molecule has 0 fully saturated rings. The molecule has 132 valence electrons. The lowest BCUT2D eigenvalue weighted by molar-refractivity contribution is 0.0720. The standard InChI is InChI=1S/C19H18N4O3/c1-26-13-5-2-4-12(8-13)15-9-23(10-16-17(15)22-11-21-16)19(25)14-6-3-7-20-18(14)24/h2-8,11,15H,9-10H2,1H3,(H,20,24)(H,21,22). The van der Waals surface area contributed by atoms with Crippen molar-refractivity contribution in [3.05, 3.63) is 81.8 Å². The Balaban J connectivity index is 1.71. The van der Waals surface area contributed by atoms with Gasteiger partial charge in [-0.05, 0) is 29.8 Å². The average Bonchev–Trinajstić information content (AvgIpc) is 3.16. The summed E-state index contributed by atoms with van der Waals surface area (Å²) in [6, 6.07) is 10.9. The van der Waals surface area contributed by atoms with Gasteiger partial charge in [-0.3, -0.25) is 9.59 Å². The number of rotatable bonds is 3. The normalized spacial score (nSPS) is 16.2. The number of amides is 1. The monoisotopic (exact) mass is 350 g/mol. The molecule has 26 heavy (non-hydrogen) atoms. The van der Waals surface area contributed by atoms with Crippen molar-refractivity contribution in [1.82, 2.24) is 19.9 Å². The van der Waals surface area contributed by atoms with Gasteiger partial charge in [0, 0.05) is 18.7 Å². The van der Waals surface area contributed by atoms with Crippen molar-refractivity contribution >= 4 is 5.91 Å². The summed E-state index contributed by atoms with van der Waals surface area (Å²) in [5.41, 5.74) is 2.57. The van der Waals surface area contributed by atoms with E-state index < -0.39 is 0 Å². The number of imidazole rings is 1. The highest BCUT2D eigenvalue weighted by Gasteiger charge is 2.32. The third-order valence-electron chi connectivity index (χ3n) is 4.67. The van der Waals surface area contributed by atoms with E-state index >= 15 is 0 Å². The van der Waals surface area contributed by atoms with Gasteiger partial charge in [-0.1, -0.05) is 12.1 Å². The van der Waals surface area contributed by atoms with E-state index in [1.54, 1.807) is 30.5 Å². The van der Waals surface area contributed by atoms with Crippen LogP contribution in [-0.4, -0.2) is 39.4 Å². The van der Waals surface area contributed by atoms with Gasteiger partial charge in [-0.25, -0.2) is 4.98 Å². The van der Waals surface area contributed by atoms with Crippen LogP contribution in [0.25, 0.3) is 0 Å². The van der Waals surface area contributed by atoms with Crippen LogP contribution in [0.4, 0.5) is 0 Å². The van der Waals surface area contributed by atoms with E-state index in [0.717, 1.165) is 22.7 Å². The Morgan fingerprint density at radius 3 is 2.96 bits per heavy atom. The smallest absolute Gasteiger partial charge is 0.260 e. The fourth-order valence-electron chi connectivity index (χ4n) is 3.36. The number of nitrogens with one attached hydrogen (secondary N) is 2. The summed E-state index contributed by atoms with van der Waals surface area (Å²) in [6.07, 6.45) is 3.16. The van der Waals surface area contributed by atoms with Crippen LogP contribution in [0.3, 0.4) is 0 Å². The highest BCUT2D eigenvalue weighted by Crippen LogP contribution is 2.33. The van der Waals surface area contributed by atoms with Crippen LogP contribution >= 0.6 is 0 Å². The van der Waals surface area contributed by atoms with E-state index in [1.807, 2.05) is 24.3 Å². The van der Waals surface area contributed by atoms with Gasteiger partial charge in [0.1, 0.15) is 11.3 Å². The number of ether oxygens (including phenoxy) is 1. The van der Waals surface area contributed by atoms with Gasteiger partial charge in [0.25, 0.3) is 11.5 Å². The van der Waals surface area contributed by atoms with Crippen LogP contribution in [-0.2, 0) is 6.54 Å². The molecule has 1 aromatic carbocycles. The first kappa shape index (κ1) is 16.1. The minimum Gasteiger partial charge on any atom is -0.497 e. The summed E-state index contributed by atoms with van der Waals surface area (Å²) in [7, 11) is 1.62. The molecule has 0 radical (unpaired) electrons. The van der Waals surface area contributed by atoms with Gasteiger partial charge in [0.2, 0.25) is 0 Å². The predicted molar refractivity (Wildman–Crippen MR) is 95.2 cm³/mol. The molecule has 0 saturated carbocycles. The fraction of sp³-hybridized carbons (Fsp3) is 0.211. The second-order valence-corrected chi connectivity index (χ2v) is 6.19. The van der Waals surface area contributed by atoms with Crippen molar-refractivity contribution in [3.8, 4) is 5.75 Å². The molecule has 4 rings (SSSR count). The largest absolute Gasteiger partial charge is 0.497 e. The Morgan fingerprint density at radius 2 is 2.15 bits per heavy atom. The summed E-state index contributed by atoms with van der Waals surface area (Å²) in [5.74, 6) is 0.370. The number of fused-ring (bicyclic) bond motifs is 1. The van der Waals surface area contributed by atoms with E-state index in [2.05, 4.69) is 15.0 Å². The van der Waals surface area contributed by atoms with Crippen LogP contribution < -0.4 is 10.3 Å². The maximum absolute atomic E-state index is 12.9. The third kappa shape index (κ3) is 2.77.